The highest BCUT2D eigenvalue weighted by Crippen LogP contribution is 2.22. The number of Topliss-reactive ketones (excluding diaryl/α,β-unsaturated/α-hetero) is 1. The van der Waals surface area contributed by atoms with Gasteiger partial charge in [0.25, 0.3) is 0 Å². The summed E-state index contributed by atoms with van der Waals surface area (Å²) in [6, 6.07) is 5.74. The number of nitrogens with two attached hydrogens (primary N) is 1. The fraction of sp³-hybridized carbons (Fsp3) is 0.462. The predicted octanol–water partition coefficient (Wildman–Crippen LogP) is 1.94. The Bertz CT molecular complexity index is 404. The Morgan fingerprint density at radius 3 is 2.65 bits per heavy atom. The average Bonchev–Trinajstić information content (AvgIpc) is 2.27. The number of methoxy groups -OCH3 is 1. The minimum absolute atomic E-state index is 0.0124. The Morgan fingerprint density at radius 2 is 2.18 bits per heavy atom. The molecule has 0 saturated heterocycles. The molecule has 0 fully saturated rings. The molecule has 0 bridgehead atoms. The number of anilines is 2. The maximum Gasteiger partial charge on any atom is 0.161 e. The highest BCUT2D eigenvalue weighted by molar-refractivity contribution is 5.99. The summed E-state index contributed by atoms with van der Waals surface area (Å²) < 4.78 is 5.11. The molecule has 17 heavy (non-hydrogen) atoms. The highest BCUT2D eigenvalue weighted by Gasteiger charge is 2.12. The van der Waals surface area contributed by atoms with Crippen LogP contribution in [0.2, 0.25) is 0 Å². The number of nitrogen functional groups attached to an aromatic ring is 1. The molecule has 94 valence electrons. The number of ketones is 1. The van der Waals surface area contributed by atoms with Crippen LogP contribution < -0.4 is 10.6 Å². The summed E-state index contributed by atoms with van der Waals surface area (Å²) in [5, 5.41) is 0. The van der Waals surface area contributed by atoms with Crippen molar-refractivity contribution in [2.45, 2.75) is 19.9 Å². The Kier molecular flexibility index (Phi) is 4.52. The number of likely N-dealkylation sites (N-methyl/N-ethyl adjacent to an activating group) is 1. The molecule has 1 aromatic carbocycles. The molecule has 0 aliphatic carbocycles. The van der Waals surface area contributed by atoms with Crippen molar-refractivity contribution in [2.24, 2.45) is 0 Å². The van der Waals surface area contributed by atoms with Crippen molar-refractivity contribution in [2.75, 3.05) is 31.4 Å². The van der Waals surface area contributed by atoms with E-state index in [0.717, 1.165) is 5.69 Å². The third-order valence-electron chi connectivity index (χ3n) is 2.89. The van der Waals surface area contributed by atoms with Crippen molar-refractivity contribution in [3.8, 4) is 0 Å². The summed E-state index contributed by atoms with van der Waals surface area (Å²) in [5.74, 6) is -0.0124. The first-order valence-corrected chi connectivity index (χ1v) is 5.59. The van der Waals surface area contributed by atoms with Crippen molar-refractivity contribution >= 4 is 17.2 Å². The predicted molar refractivity (Wildman–Crippen MR) is 70.6 cm³/mol. The molecule has 0 aromatic heterocycles. The Morgan fingerprint density at radius 1 is 1.53 bits per heavy atom. The van der Waals surface area contributed by atoms with Crippen molar-refractivity contribution in [1.82, 2.24) is 0 Å². The van der Waals surface area contributed by atoms with E-state index in [9.17, 15) is 4.79 Å². The van der Waals surface area contributed by atoms with Gasteiger partial charge in [0.15, 0.2) is 5.78 Å². The first-order valence-electron chi connectivity index (χ1n) is 5.59. The van der Waals surface area contributed by atoms with E-state index < -0.39 is 0 Å². The average molecular weight is 236 g/mol. The van der Waals surface area contributed by atoms with Gasteiger partial charge in [-0.3, -0.25) is 4.79 Å². The second-order valence-electron chi connectivity index (χ2n) is 4.24. The van der Waals surface area contributed by atoms with Crippen LogP contribution in [0.4, 0.5) is 11.4 Å². The number of ether oxygens (including phenoxy) is 1. The zero-order valence-electron chi connectivity index (χ0n) is 10.9. The van der Waals surface area contributed by atoms with Gasteiger partial charge in [0.05, 0.1) is 6.61 Å². The number of carbonyl (C=O) groups excluding carboxylic acids is 1. The third-order valence-corrected chi connectivity index (χ3v) is 2.89. The van der Waals surface area contributed by atoms with E-state index in [1.54, 1.807) is 13.2 Å². The first-order chi connectivity index (χ1) is 7.97. The van der Waals surface area contributed by atoms with Gasteiger partial charge in [0.2, 0.25) is 0 Å². The summed E-state index contributed by atoms with van der Waals surface area (Å²) in [6.45, 7) is 4.23. The van der Waals surface area contributed by atoms with E-state index in [4.69, 9.17) is 10.5 Å². The van der Waals surface area contributed by atoms with Gasteiger partial charge in [-0.05, 0) is 32.0 Å². The molecule has 1 aromatic rings. The van der Waals surface area contributed by atoms with Crippen LogP contribution in [0.3, 0.4) is 0 Å². The number of hydrogen-bond donors (Lipinski definition) is 1. The molecule has 0 spiro atoms. The lowest BCUT2D eigenvalue weighted by atomic mass is 10.1. The van der Waals surface area contributed by atoms with Crippen molar-refractivity contribution < 1.29 is 9.53 Å². The smallest absolute Gasteiger partial charge is 0.161 e. The van der Waals surface area contributed by atoms with Crippen LogP contribution in [0.25, 0.3) is 0 Å². The van der Waals surface area contributed by atoms with E-state index in [1.807, 2.05) is 19.2 Å². The molecule has 1 atom stereocenters. The molecule has 4 nitrogen and oxygen atoms in total. The molecule has 0 radical (unpaired) electrons. The molecule has 0 saturated carbocycles. The van der Waals surface area contributed by atoms with Gasteiger partial charge >= 0.3 is 0 Å². The molecule has 2 N–H and O–H groups in total. The zero-order valence-corrected chi connectivity index (χ0v) is 10.9. The molecule has 0 aliphatic heterocycles. The number of carbonyl (C=O) groups is 1. The van der Waals surface area contributed by atoms with Gasteiger partial charge < -0.3 is 15.4 Å². The van der Waals surface area contributed by atoms with Gasteiger partial charge in [-0.15, -0.1) is 0 Å². The molecule has 1 unspecified atom stereocenters. The quantitative estimate of drug-likeness (QED) is 0.627. The monoisotopic (exact) mass is 236 g/mol. The number of hydrogen-bond acceptors (Lipinski definition) is 4. The normalized spacial score (nSPS) is 12.2. The summed E-state index contributed by atoms with van der Waals surface area (Å²) >= 11 is 0. The van der Waals surface area contributed by atoms with Crippen LogP contribution in [-0.2, 0) is 4.74 Å². The second kappa shape index (κ2) is 5.68. The SMILES string of the molecule is COCC(C)N(C)c1ccc(C(C)=O)c(N)c1. The van der Waals surface area contributed by atoms with E-state index in [0.29, 0.717) is 17.9 Å². The van der Waals surface area contributed by atoms with Gasteiger partial charge in [0, 0.05) is 37.1 Å². The maximum atomic E-state index is 11.3. The lowest BCUT2D eigenvalue weighted by Gasteiger charge is -2.26. The molecule has 0 heterocycles. The van der Waals surface area contributed by atoms with Crippen LogP contribution in [0.5, 0.6) is 0 Å². The number of nitrogens with zero attached hydrogens (tertiary/aromatic N) is 1. The summed E-state index contributed by atoms with van der Waals surface area (Å²) in [6.07, 6.45) is 0. The van der Waals surface area contributed by atoms with Crippen molar-refractivity contribution in [3.63, 3.8) is 0 Å². The molecular formula is C13H20N2O2. The summed E-state index contributed by atoms with van der Waals surface area (Å²) in [7, 11) is 3.66. The van der Waals surface area contributed by atoms with Gasteiger partial charge in [0.1, 0.15) is 0 Å². The van der Waals surface area contributed by atoms with E-state index in [-0.39, 0.29) is 11.8 Å². The van der Waals surface area contributed by atoms with E-state index in [1.165, 1.54) is 6.92 Å². The highest BCUT2D eigenvalue weighted by atomic mass is 16.5. The van der Waals surface area contributed by atoms with E-state index in [2.05, 4.69) is 11.8 Å². The van der Waals surface area contributed by atoms with Crippen molar-refractivity contribution in [1.29, 1.82) is 0 Å². The maximum absolute atomic E-state index is 11.3. The zero-order chi connectivity index (χ0) is 13.0. The largest absolute Gasteiger partial charge is 0.398 e. The molecule has 0 aliphatic rings. The van der Waals surface area contributed by atoms with E-state index >= 15 is 0 Å². The first kappa shape index (κ1) is 13.5. The number of benzene rings is 1. The van der Waals surface area contributed by atoms with Crippen LogP contribution in [0.15, 0.2) is 18.2 Å². The van der Waals surface area contributed by atoms with Gasteiger partial charge in [-0.2, -0.15) is 0 Å². The minimum Gasteiger partial charge on any atom is -0.398 e. The van der Waals surface area contributed by atoms with Crippen LogP contribution in [-0.4, -0.2) is 32.6 Å². The number of rotatable bonds is 5. The lowest BCUT2D eigenvalue weighted by molar-refractivity contribution is 0.101. The summed E-state index contributed by atoms with van der Waals surface area (Å²) in [4.78, 5) is 13.3. The van der Waals surface area contributed by atoms with Crippen LogP contribution >= 0.6 is 0 Å². The minimum atomic E-state index is -0.0124. The Labute approximate surface area is 102 Å². The topological polar surface area (TPSA) is 55.6 Å². The second-order valence-corrected chi connectivity index (χ2v) is 4.24. The van der Waals surface area contributed by atoms with Gasteiger partial charge in [-0.1, -0.05) is 0 Å². The summed E-state index contributed by atoms with van der Waals surface area (Å²) in [5.41, 5.74) is 7.93. The molecule has 1 rings (SSSR count). The van der Waals surface area contributed by atoms with Gasteiger partial charge in [-0.25, -0.2) is 0 Å². The Balaban J connectivity index is 2.93. The molecule has 0 amide bonds. The lowest BCUT2D eigenvalue weighted by Crippen LogP contribution is -2.32. The van der Waals surface area contributed by atoms with Crippen LogP contribution in [0, 0.1) is 0 Å². The third kappa shape index (κ3) is 3.20. The molecular weight excluding hydrogens is 216 g/mol. The van der Waals surface area contributed by atoms with Crippen LogP contribution in [0.1, 0.15) is 24.2 Å². The Hall–Kier alpha value is -1.55. The standard InChI is InChI=1S/C13H20N2O2/c1-9(8-17-4)15(3)11-5-6-12(10(2)16)13(14)7-11/h5-7,9H,8,14H2,1-4H3. The van der Waals surface area contributed by atoms with Crippen molar-refractivity contribution in [3.05, 3.63) is 23.8 Å². The fourth-order valence-electron chi connectivity index (χ4n) is 1.70. The molecule has 4 heteroatoms. The fourth-order valence-corrected chi connectivity index (χ4v) is 1.70.